The number of benzene rings is 1. The van der Waals surface area contributed by atoms with E-state index in [1.165, 1.54) is 0 Å². The molecular formula is C20H24N4O2S. The maximum Gasteiger partial charge on any atom is 0.321 e. The topological polar surface area (TPSA) is 55.9 Å². The molecule has 142 valence electrons. The van der Waals surface area contributed by atoms with Crippen molar-refractivity contribution in [3.63, 3.8) is 0 Å². The highest BCUT2D eigenvalue weighted by Crippen LogP contribution is 2.34. The first-order chi connectivity index (χ1) is 13.0. The Morgan fingerprint density at radius 2 is 2.11 bits per heavy atom. The standard InChI is InChI=1S/C20H24N4O2S/c1-15-4-3-5-16(10-15)21-19(26)23-8-7-20(13-23)14-24(17-6-9-27-12-17)18(25)11-22(20)2/h3-6,9-10,12H,7-8,11,13-14H2,1-2H3,(H,21,26). The molecule has 2 aliphatic rings. The summed E-state index contributed by atoms with van der Waals surface area (Å²) in [6.07, 6.45) is 0.860. The molecule has 3 amide bonds. The summed E-state index contributed by atoms with van der Waals surface area (Å²) in [7, 11) is 1.99. The van der Waals surface area contributed by atoms with Crippen LogP contribution in [0, 0.1) is 6.92 Å². The molecule has 0 bridgehead atoms. The summed E-state index contributed by atoms with van der Waals surface area (Å²) < 4.78 is 0. The molecule has 2 aromatic rings. The second-order valence-electron chi connectivity index (χ2n) is 7.51. The summed E-state index contributed by atoms with van der Waals surface area (Å²) >= 11 is 1.59. The van der Waals surface area contributed by atoms with Crippen molar-refractivity contribution >= 4 is 34.6 Å². The third-order valence-corrected chi connectivity index (χ3v) is 6.31. The van der Waals surface area contributed by atoms with Crippen LogP contribution in [0.25, 0.3) is 0 Å². The van der Waals surface area contributed by atoms with Gasteiger partial charge in [-0.15, -0.1) is 0 Å². The number of hydrogen-bond acceptors (Lipinski definition) is 4. The zero-order valence-corrected chi connectivity index (χ0v) is 16.5. The van der Waals surface area contributed by atoms with Crippen LogP contribution in [0.15, 0.2) is 41.1 Å². The molecule has 1 atom stereocenters. The normalized spacial score (nSPS) is 23.3. The monoisotopic (exact) mass is 384 g/mol. The predicted molar refractivity (Wildman–Crippen MR) is 108 cm³/mol. The van der Waals surface area contributed by atoms with E-state index in [4.69, 9.17) is 0 Å². The zero-order chi connectivity index (χ0) is 19.0. The van der Waals surface area contributed by atoms with E-state index in [1.807, 2.05) is 64.9 Å². The van der Waals surface area contributed by atoms with Crippen LogP contribution in [0.5, 0.6) is 0 Å². The number of nitrogens with zero attached hydrogens (tertiary/aromatic N) is 3. The minimum absolute atomic E-state index is 0.0788. The van der Waals surface area contributed by atoms with Gasteiger partial charge < -0.3 is 15.1 Å². The molecule has 1 aromatic heterocycles. The molecule has 0 radical (unpaired) electrons. The number of nitrogens with one attached hydrogen (secondary N) is 1. The number of amides is 3. The molecule has 0 aliphatic carbocycles. The van der Waals surface area contributed by atoms with Crippen LogP contribution in [0.2, 0.25) is 0 Å². The summed E-state index contributed by atoms with van der Waals surface area (Å²) in [5.41, 5.74) is 2.69. The van der Waals surface area contributed by atoms with Gasteiger partial charge in [0.2, 0.25) is 5.91 Å². The van der Waals surface area contributed by atoms with E-state index in [0.29, 0.717) is 26.2 Å². The number of piperazine rings is 1. The summed E-state index contributed by atoms with van der Waals surface area (Å²) in [5, 5.41) is 7.00. The van der Waals surface area contributed by atoms with Gasteiger partial charge in [0.25, 0.3) is 0 Å². The largest absolute Gasteiger partial charge is 0.323 e. The number of rotatable bonds is 2. The average Bonchev–Trinajstić information content (AvgIpc) is 3.29. The van der Waals surface area contributed by atoms with Crippen LogP contribution in [0.4, 0.5) is 16.2 Å². The Bertz CT molecular complexity index is 853. The van der Waals surface area contributed by atoms with E-state index < -0.39 is 0 Å². The molecule has 2 saturated heterocycles. The molecule has 2 fully saturated rings. The lowest BCUT2D eigenvalue weighted by Gasteiger charge is -2.46. The Kier molecular flexibility index (Phi) is 4.65. The van der Waals surface area contributed by atoms with Crippen LogP contribution >= 0.6 is 11.3 Å². The van der Waals surface area contributed by atoms with Gasteiger partial charge in [0.05, 0.1) is 17.8 Å². The number of urea groups is 1. The van der Waals surface area contributed by atoms with Gasteiger partial charge in [0, 0.05) is 30.7 Å². The van der Waals surface area contributed by atoms with Crippen molar-refractivity contribution in [3.8, 4) is 0 Å². The Labute approximate surface area is 163 Å². The first-order valence-corrected chi connectivity index (χ1v) is 10.1. The highest BCUT2D eigenvalue weighted by Gasteiger charge is 2.48. The lowest BCUT2D eigenvalue weighted by atomic mass is 9.93. The lowest BCUT2D eigenvalue weighted by Crippen LogP contribution is -2.64. The molecule has 6 nitrogen and oxygen atoms in total. The minimum Gasteiger partial charge on any atom is -0.323 e. The molecule has 7 heteroatoms. The number of likely N-dealkylation sites (tertiary alicyclic amines) is 1. The van der Waals surface area contributed by atoms with E-state index >= 15 is 0 Å². The summed E-state index contributed by atoms with van der Waals surface area (Å²) in [4.78, 5) is 31.1. The van der Waals surface area contributed by atoms with Crippen LogP contribution in [-0.4, -0.2) is 60.5 Å². The fourth-order valence-corrected chi connectivity index (χ4v) is 4.64. The highest BCUT2D eigenvalue weighted by atomic mass is 32.1. The summed E-state index contributed by atoms with van der Waals surface area (Å²) in [6.45, 7) is 4.31. The maximum absolute atomic E-state index is 12.8. The Morgan fingerprint density at radius 3 is 2.85 bits per heavy atom. The fourth-order valence-electron chi connectivity index (χ4n) is 4.00. The zero-order valence-electron chi connectivity index (χ0n) is 15.6. The van der Waals surface area contributed by atoms with Gasteiger partial charge in [-0.25, -0.2) is 4.79 Å². The van der Waals surface area contributed by atoms with Crippen molar-refractivity contribution in [2.45, 2.75) is 18.9 Å². The van der Waals surface area contributed by atoms with Crippen molar-refractivity contribution in [1.82, 2.24) is 9.80 Å². The van der Waals surface area contributed by atoms with Gasteiger partial charge >= 0.3 is 6.03 Å². The van der Waals surface area contributed by atoms with E-state index in [-0.39, 0.29) is 17.5 Å². The minimum atomic E-state index is -0.195. The Morgan fingerprint density at radius 1 is 1.26 bits per heavy atom. The summed E-state index contributed by atoms with van der Waals surface area (Å²) in [5.74, 6) is 0.115. The van der Waals surface area contributed by atoms with Crippen molar-refractivity contribution in [2.24, 2.45) is 0 Å². The molecule has 1 spiro atoms. The number of hydrogen-bond donors (Lipinski definition) is 1. The number of aryl methyl sites for hydroxylation is 1. The highest BCUT2D eigenvalue weighted by molar-refractivity contribution is 7.08. The third-order valence-electron chi connectivity index (χ3n) is 5.64. The molecule has 0 saturated carbocycles. The second kappa shape index (κ2) is 6.98. The first kappa shape index (κ1) is 18.0. The van der Waals surface area contributed by atoms with Gasteiger partial charge in [-0.3, -0.25) is 9.69 Å². The molecule has 27 heavy (non-hydrogen) atoms. The van der Waals surface area contributed by atoms with Crippen LogP contribution in [-0.2, 0) is 4.79 Å². The third kappa shape index (κ3) is 3.44. The maximum atomic E-state index is 12.8. The van der Waals surface area contributed by atoms with E-state index in [9.17, 15) is 9.59 Å². The molecular weight excluding hydrogens is 360 g/mol. The van der Waals surface area contributed by atoms with Gasteiger partial charge in [-0.05, 0) is 49.5 Å². The van der Waals surface area contributed by atoms with Crippen molar-refractivity contribution < 1.29 is 9.59 Å². The average molecular weight is 385 g/mol. The van der Waals surface area contributed by atoms with E-state index in [1.54, 1.807) is 11.3 Å². The SMILES string of the molecule is Cc1cccc(NC(=O)N2CCC3(C2)CN(c2ccsc2)C(=O)CN3C)c1. The van der Waals surface area contributed by atoms with E-state index in [0.717, 1.165) is 23.4 Å². The van der Waals surface area contributed by atoms with Crippen LogP contribution in [0.3, 0.4) is 0 Å². The molecule has 3 heterocycles. The number of likely N-dealkylation sites (N-methyl/N-ethyl adjacent to an activating group) is 1. The molecule has 1 N–H and O–H groups in total. The number of anilines is 2. The Hall–Kier alpha value is -2.38. The second-order valence-corrected chi connectivity index (χ2v) is 8.29. The number of thiophene rings is 1. The smallest absolute Gasteiger partial charge is 0.321 e. The van der Waals surface area contributed by atoms with Gasteiger partial charge in [-0.1, -0.05) is 12.1 Å². The van der Waals surface area contributed by atoms with Gasteiger partial charge in [0.15, 0.2) is 0 Å². The lowest BCUT2D eigenvalue weighted by molar-refractivity contribution is -0.123. The molecule has 4 rings (SSSR count). The quantitative estimate of drug-likeness (QED) is 0.866. The van der Waals surface area contributed by atoms with Crippen molar-refractivity contribution in [2.75, 3.05) is 43.4 Å². The first-order valence-electron chi connectivity index (χ1n) is 9.13. The van der Waals surface area contributed by atoms with Crippen molar-refractivity contribution in [1.29, 1.82) is 0 Å². The van der Waals surface area contributed by atoms with E-state index in [2.05, 4.69) is 10.2 Å². The Balaban J connectivity index is 1.48. The number of carbonyl (C=O) groups excluding carboxylic acids is 2. The predicted octanol–water partition coefficient (Wildman–Crippen LogP) is 3.01. The van der Waals surface area contributed by atoms with Crippen LogP contribution < -0.4 is 10.2 Å². The van der Waals surface area contributed by atoms with Gasteiger partial charge in [-0.2, -0.15) is 11.3 Å². The summed E-state index contributed by atoms with van der Waals surface area (Å²) in [6, 6.07) is 9.72. The van der Waals surface area contributed by atoms with Crippen molar-refractivity contribution in [3.05, 3.63) is 46.7 Å². The molecule has 1 unspecified atom stereocenters. The number of carbonyl (C=O) groups is 2. The fraction of sp³-hybridized carbons (Fsp3) is 0.400. The van der Waals surface area contributed by atoms with Gasteiger partial charge in [0.1, 0.15) is 0 Å². The molecule has 1 aromatic carbocycles. The molecule has 2 aliphatic heterocycles. The van der Waals surface area contributed by atoms with Crippen LogP contribution in [0.1, 0.15) is 12.0 Å².